The second-order valence-corrected chi connectivity index (χ2v) is 6.59. The van der Waals surface area contributed by atoms with Crippen molar-refractivity contribution in [3.63, 3.8) is 0 Å². The van der Waals surface area contributed by atoms with Gasteiger partial charge >= 0.3 is 0 Å². The summed E-state index contributed by atoms with van der Waals surface area (Å²) < 4.78 is 0. The number of hydrogen-bond donors (Lipinski definition) is 4. The third-order valence-corrected chi connectivity index (χ3v) is 5.16. The van der Waals surface area contributed by atoms with Gasteiger partial charge in [-0.25, -0.2) is 5.43 Å². The molecule has 5 heteroatoms. The SMILES string of the molecule is N=C(N)NN=CCCC1CCC2(CCC(O)CC2)CC1. The monoisotopic (exact) mass is 280 g/mol. The number of nitrogens with one attached hydrogen (secondary N) is 2. The quantitative estimate of drug-likeness (QED) is 0.362. The fourth-order valence-electron chi connectivity index (χ4n) is 3.78. The van der Waals surface area contributed by atoms with Crippen LogP contribution in [-0.2, 0) is 0 Å². The summed E-state index contributed by atoms with van der Waals surface area (Å²) in [7, 11) is 0. The molecule has 0 heterocycles. The van der Waals surface area contributed by atoms with Crippen LogP contribution in [0.15, 0.2) is 5.10 Å². The third kappa shape index (κ3) is 4.47. The van der Waals surface area contributed by atoms with Gasteiger partial charge in [0.1, 0.15) is 0 Å². The summed E-state index contributed by atoms with van der Waals surface area (Å²) in [5.74, 6) is 0.705. The van der Waals surface area contributed by atoms with Crippen molar-refractivity contribution in [1.82, 2.24) is 5.43 Å². The molecular formula is C15H28N4O. The van der Waals surface area contributed by atoms with Gasteiger partial charge in [0.05, 0.1) is 6.10 Å². The molecule has 0 aromatic rings. The van der Waals surface area contributed by atoms with Crippen molar-refractivity contribution in [2.24, 2.45) is 22.2 Å². The summed E-state index contributed by atoms with van der Waals surface area (Å²) in [5.41, 5.74) is 8.14. The van der Waals surface area contributed by atoms with Crippen LogP contribution < -0.4 is 11.2 Å². The summed E-state index contributed by atoms with van der Waals surface area (Å²) in [6.45, 7) is 0. The summed E-state index contributed by atoms with van der Waals surface area (Å²) in [4.78, 5) is 0. The van der Waals surface area contributed by atoms with Crippen LogP contribution in [0.4, 0.5) is 0 Å². The van der Waals surface area contributed by atoms with E-state index in [0.717, 1.165) is 25.2 Å². The molecule has 2 saturated carbocycles. The molecule has 0 radical (unpaired) electrons. The molecule has 0 aromatic heterocycles. The fraction of sp³-hybridized carbons (Fsp3) is 0.867. The van der Waals surface area contributed by atoms with Gasteiger partial charge in [-0.15, -0.1) is 0 Å². The predicted octanol–water partition coefficient (Wildman–Crippen LogP) is 2.35. The largest absolute Gasteiger partial charge is 0.393 e. The lowest BCUT2D eigenvalue weighted by atomic mass is 9.62. The second-order valence-electron chi connectivity index (χ2n) is 6.59. The van der Waals surface area contributed by atoms with Crippen LogP contribution in [0, 0.1) is 16.7 Å². The fourth-order valence-corrected chi connectivity index (χ4v) is 3.78. The number of guanidine groups is 1. The van der Waals surface area contributed by atoms with Crippen LogP contribution in [-0.4, -0.2) is 23.4 Å². The minimum atomic E-state index is -0.111. The predicted molar refractivity (Wildman–Crippen MR) is 81.6 cm³/mol. The number of hydrazone groups is 1. The second kappa shape index (κ2) is 7.07. The Hall–Kier alpha value is -1.10. The van der Waals surface area contributed by atoms with E-state index in [1.54, 1.807) is 0 Å². The van der Waals surface area contributed by atoms with Gasteiger partial charge in [-0.3, -0.25) is 5.41 Å². The summed E-state index contributed by atoms with van der Waals surface area (Å²) in [5, 5.41) is 20.5. The Morgan fingerprint density at radius 3 is 2.45 bits per heavy atom. The maximum absolute atomic E-state index is 9.64. The molecule has 20 heavy (non-hydrogen) atoms. The lowest BCUT2D eigenvalue weighted by Gasteiger charge is -2.44. The zero-order valence-corrected chi connectivity index (χ0v) is 12.3. The Bertz CT molecular complexity index is 338. The highest BCUT2D eigenvalue weighted by atomic mass is 16.3. The normalized spacial score (nSPS) is 34.5. The van der Waals surface area contributed by atoms with E-state index in [2.05, 4.69) is 10.5 Å². The van der Waals surface area contributed by atoms with E-state index in [1.165, 1.54) is 44.9 Å². The van der Waals surface area contributed by atoms with E-state index in [4.69, 9.17) is 11.1 Å². The molecule has 114 valence electrons. The maximum Gasteiger partial charge on any atom is 0.206 e. The topological polar surface area (TPSA) is 94.5 Å². The van der Waals surface area contributed by atoms with Gasteiger partial charge in [0.25, 0.3) is 0 Å². The average molecular weight is 280 g/mol. The van der Waals surface area contributed by atoms with E-state index in [0.29, 0.717) is 5.41 Å². The number of nitrogens with zero attached hydrogens (tertiary/aromatic N) is 1. The Morgan fingerprint density at radius 1 is 1.25 bits per heavy atom. The average Bonchev–Trinajstić information content (AvgIpc) is 2.44. The summed E-state index contributed by atoms with van der Waals surface area (Å²) in [6.07, 6.45) is 13.7. The van der Waals surface area contributed by atoms with Gasteiger partial charge in [-0.05, 0) is 75.5 Å². The van der Waals surface area contributed by atoms with Crippen LogP contribution in [0.25, 0.3) is 0 Å². The maximum atomic E-state index is 9.64. The van der Waals surface area contributed by atoms with Crippen molar-refractivity contribution in [3.8, 4) is 0 Å². The molecule has 0 saturated heterocycles. The smallest absolute Gasteiger partial charge is 0.206 e. The standard InChI is InChI=1S/C15H28N4O/c16-14(17)19-18-11-1-2-12-3-7-15(8-4-12)9-5-13(20)6-10-15/h11-13,20H,1-10H2,(H4,16,17,19). The zero-order chi connectivity index (χ0) is 14.4. The number of hydrogen-bond acceptors (Lipinski definition) is 3. The Labute approximate surface area is 121 Å². The number of aliphatic hydroxyl groups excluding tert-OH is 1. The summed E-state index contributed by atoms with van der Waals surface area (Å²) in [6, 6.07) is 0. The first-order valence-corrected chi connectivity index (χ1v) is 7.89. The van der Waals surface area contributed by atoms with E-state index >= 15 is 0 Å². The van der Waals surface area contributed by atoms with Gasteiger partial charge in [0.2, 0.25) is 5.96 Å². The molecule has 2 aliphatic carbocycles. The van der Waals surface area contributed by atoms with Crippen molar-refractivity contribution in [2.45, 2.75) is 70.3 Å². The molecule has 0 unspecified atom stereocenters. The van der Waals surface area contributed by atoms with Crippen LogP contribution >= 0.6 is 0 Å². The molecule has 2 fully saturated rings. The summed E-state index contributed by atoms with van der Waals surface area (Å²) >= 11 is 0. The van der Waals surface area contributed by atoms with Gasteiger partial charge in [0, 0.05) is 6.21 Å². The van der Waals surface area contributed by atoms with Crippen molar-refractivity contribution in [1.29, 1.82) is 5.41 Å². The van der Waals surface area contributed by atoms with Crippen LogP contribution in [0.2, 0.25) is 0 Å². The van der Waals surface area contributed by atoms with E-state index < -0.39 is 0 Å². The van der Waals surface area contributed by atoms with Crippen molar-refractivity contribution in [2.75, 3.05) is 0 Å². The van der Waals surface area contributed by atoms with Crippen molar-refractivity contribution >= 4 is 12.2 Å². The molecule has 0 atom stereocenters. The van der Waals surface area contributed by atoms with Gasteiger partial charge < -0.3 is 10.8 Å². The first-order valence-electron chi connectivity index (χ1n) is 7.89. The molecule has 5 nitrogen and oxygen atoms in total. The van der Waals surface area contributed by atoms with Gasteiger partial charge in [0.15, 0.2) is 0 Å². The number of nitrogens with two attached hydrogens (primary N) is 1. The van der Waals surface area contributed by atoms with Gasteiger partial charge in [-0.2, -0.15) is 5.10 Å². The first-order chi connectivity index (χ1) is 9.60. The molecule has 0 amide bonds. The number of aliphatic hydroxyl groups is 1. The van der Waals surface area contributed by atoms with Crippen LogP contribution in [0.3, 0.4) is 0 Å². The molecule has 1 spiro atoms. The Kier molecular flexibility index (Phi) is 5.40. The lowest BCUT2D eigenvalue weighted by molar-refractivity contribution is 0.0285. The Balaban J connectivity index is 1.64. The zero-order valence-electron chi connectivity index (χ0n) is 12.3. The highest BCUT2D eigenvalue weighted by molar-refractivity contribution is 5.75. The molecule has 5 N–H and O–H groups in total. The van der Waals surface area contributed by atoms with Crippen molar-refractivity contribution in [3.05, 3.63) is 0 Å². The first kappa shape index (κ1) is 15.3. The Morgan fingerprint density at radius 2 is 1.85 bits per heavy atom. The van der Waals surface area contributed by atoms with E-state index in [9.17, 15) is 5.11 Å². The highest BCUT2D eigenvalue weighted by Crippen LogP contribution is 2.49. The minimum Gasteiger partial charge on any atom is -0.393 e. The van der Waals surface area contributed by atoms with E-state index in [1.807, 2.05) is 6.21 Å². The molecule has 2 aliphatic rings. The van der Waals surface area contributed by atoms with Gasteiger partial charge in [-0.1, -0.05) is 0 Å². The van der Waals surface area contributed by atoms with Crippen molar-refractivity contribution < 1.29 is 5.11 Å². The van der Waals surface area contributed by atoms with Crippen LogP contribution in [0.5, 0.6) is 0 Å². The molecule has 0 aliphatic heterocycles. The minimum absolute atomic E-state index is 0.0386. The number of rotatable bonds is 4. The molecule has 0 aromatic carbocycles. The third-order valence-electron chi connectivity index (χ3n) is 5.16. The molecule has 0 bridgehead atoms. The molecular weight excluding hydrogens is 252 g/mol. The van der Waals surface area contributed by atoms with E-state index in [-0.39, 0.29) is 12.1 Å². The van der Waals surface area contributed by atoms with Crippen LogP contribution in [0.1, 0.15) is 64.2 Å². The lowest BCUT2D eigenvalue weighted by Crippen LogP contribution is -2.33. The molecule has 2 rings (SSSR count). The highest BCUT2D eigenvalue weighted by Gasteiger charge is 2.37.